The van der Waals surface area contributed by atoms with E-state index in [2.05, 4.69) is 15.0 Å². The van der Waals surface area contributed by atoms with Gasteiger partial charge < -0.3 is 9.42 Å². The highest BCUT2D eigenvalue weighted by Crippen LogP contribution is 2.37. The van der Waals surface area contributed by atoms with E-state index >= 15 is 0 Å². The van der Waals surface area contributed by atoms with E-state index in [4.69, 9.17) is 16.1 Å². The smallest absolute Gasteiger partial charge is 0.271 e. The lowest BCUT2D eigenvalue weighted by Gasteiger charge is -2.33. The molecule has 1 aliphatic rings. The summed E-state index contributed by atoms with van der Waals surface area (Å²) < 4.78 is 5.25. The van der Waals surface area contributed by atoms with Crippen molar-refractivity contribution in [3.8, 4) is 0 Å². The average molecular weight is 337 g/mol. The largest absolute Gasteiger partial charge is 0.370 e. The molecular weight excluding hydrogens is 320 g/mol. The van der Waals surface area contributed by atoms with E-state index in [9.17, 15) is 10.1 Å². The molecule has 0 radical (unpaired) electrons. The van der Waals surface area contributed by atoms with E-state index in [1.54, 1.807) is 6.07 Å². The van der Waals surface area contributed by atoms with Gasteiger partial charge in [0, 0.05) is 31.1 Å². The number of hydrogen-bond donors (Lipinski definition) is 0. The monoisotopic (exact) mass is 336 g/mol. The molecule has 0 saturated carbocycles. The summed E-state index contributed by atoms with van der Waals surface area (Å²) in [7, 11) is 0. The summed E-state index contributed by atoms with van der Waals surface area (Å²) in [6, 6.07) is 2.98. The van der Waals surface area contributed by atoms with Gasteiger partial charge in [-0.1, -0.05) is 16.8 Å². The summed E-state index contributed by atoms with van der Waals surface area (Å²) in [6.07, 6.45) is 1.77. The molecule has 122 valence electrons. The summed E-state index contributed by atoms with van der Waals surface area (Å²) in [4.78, 5) is 16.9. The molecule has 23 heavy (non-hydrogen) atoms. The molecule has 8 heteroatoms. The Morgan fingerprint density at radius 2 is 2.04 bits per heavy atom. The van der Waals surface area contributed by atoms with E-state index in [1.165, 1.54) is 6.07 Å². The Balaban J connectivity index is 1.76. The Morgan fingerprint density at radius 3 is 2.57 bits per heavy atom. The third kappa shape index (κ3) is 3.14. The molecule has 1 aliphatic heterocycles. The summed E-state index contributed by atoms with van der Waals surface area (Å²) >= 11 is 6.28. The number of nitro benzene ring substituents is 1. The minimum absolute atomic E-state index is 0.0208. The number of benzene rings is 1. The minimum Gasteiger partial charge on any atom is -0.370 e. The van der Waals surface area contributed by atoms with Crippen molar-refractivity contribution in [1.29, 1.82) is 0 Å². The van der Waals surface area contributed by atoms with Gasteiger partial charge in [0.05, 0.1) is 15.6 Å². The second kappa shape index (κ2) is 6.16. The molecule has 0 N–H and O–H groups in total. The third-order valence-electron chi connectivity index (χ3n) is 4.15. The Kier molecular flexibility index (Phi) is 4.21. The van der Waals surface area contributed by atoms with Crippen molar-refractivity contribution in [2.45, 2.75) is 32.6 Å². The summed E-state index contributed by atoms with van der Waals surface area (Å²) in [5.41, 5.74) is 1.71. The molecular formula is C15H17ClN4O3. The fourth-order valence-corrected chi connectivity index (χ4v) is 3.43. The molecule has 1 fully saturated rings. The first-order valence-electron chi connectivity index (χ1n) is 7.45. The van der Waals surface area contributed by atoms with E-state index in [-0.39, 0.29) is 11.6 Å². The second-order valence-electron chi connectivity index (χ2n) is 5.79. The van der Waals surface area contributed by atoms with E-state index in [0.29, 0.717) is 16.7 Å². The Labute approximate surface area is 138 Å². The number of nitro groups is 1. The van der Waals surface area contributed by atoms with Gasteiger partial charge in [0.2, 0.25) is 5.89 Å². The molecule has 3 rings (SSSR count). The number of aromatic nitrogens is 2. The first kappa shape index (κ1) is 15.7. The molecule has 0 bridgehead atoms. The van der Waals surface area contributed by atoms with Gasteiger partial charge in [-0.25, -0.2) is 0 Å². The third-order valence-corrected chi connectivity index (χ3v) is 4.44. The number of nitrogens with zero attached hydrogens (tertiary/aromatic N) is 4. The minimum atomic E-state index is -0.424. The van der Waals surface area contributed by atoms with Gasteiger partial charge in [0.15, 0.2) is 5.82 Å². The molecule has 1 aromatic carbocycles. The Hall–Kier alpha value is -2.15. The summed E-state index contributed by atoms with van der Waals surface area (Å²) in [6.45, 7) is 5.25. The number of anilines is 1. The van der Waals surface area contributed by atoms with Crippen molar-refractivity contribution in [3.63, 3.8) is 0 Å². The van der Waals surface area contributed by atoms with Gasteiger partial charge in [-0.3, -0.25) is 10.1 Å². The van der Waals surface area contributed by atoms with Crippen LogP contribution in [0.2, 0.25) is 5.02 Å². The van der Waals surface area contributed by atoms with Gasteiger partial charge in [0.1, 0.15) is 0 Å². The molecule has 0 spiro atoms. The number of aryl methyl sites for hydroxylation is 2. The maximum Gasteiger partial charge on any atom is 0.271 e. The predicted molar refractivity (Wildman–Crippen MR) is 86.1 cm³/mol. The summed E-state index contributed by atoms with van der Waals surface area (Å²) in [5.74, 6) is 1.59. The van der Waals surface area contributed by atoms with Crippen LogP contribution in [0, 0.1) is 24.0 Å². The van der Waals surface area contributed by atoms with Gasteiger partial charge >= 0.3 is 0 Å². The molecule has 0 atom stereocenters. The van der Waals surface area contributed by atoms with E-state index < -0.39 is 4.92 Å². The molecule has 0 amide bonds. The predicted octanol–water partition coefficient (Wildman–Crippen LogP) is 3.63. The molecule has 2 heterocycles. The topological polar surface area (TPSA) is 85.3 Å². The highest BCUT2D eigenvalue weighted by molar-refractivity contribution is 6.33. The lowest BCUT2D eigenvalue weighted by atomic mass is 9.96. The molecule has 1 saturated heterocycles. The van der Waals surface area contributed by atoms with Crippen LogP contribution in [0.1, 0.15) is 36.0 Å². The first-order valence-corrected chi connectivity index (χ1v) is 7.83. The van der Waals surface area contributed by atoms with Crippen molar-refractivity contribution in [3.05, 3.63) is 44.5 Å². The highest BCUT2D eigenvalue weighted by atomic mass is 35.5. The Bertz CT molecular complexity index is 715. The number of non-ortho nitro benzene ring substituents is 1. The quantitative estimate of drug-likeness (QED) is 0.628. The molecule has 0 aliphatic carbocycles. The lowest BCUT2D eigenvalue weighted by Crippen LogP contribution is -2.33. The normalized spacial score (nSPS) is 15.9. The van der Waals surface area contributed by atoms with Gasteiger partial charge in [-0.2, -0.15) is 4.98 Å². The van der Waals surface area contributed by atoms with Crippen LogP contribution in [0.25, 0.3) is 0 Å². The molecule has 0 unspecified atom stereocenters. The maximum atomic E-state index is 10.9. The van der Waals surface area contributed by atoms with Crippen LogP contribution < -0.4 is 4.90 Å². The zero-order valence-corrected chi connectivity index (χ0v) is 13.7. The molecule has 7 nitrogen and oxygen atoms in total. The van der Waals surface area contributed by atoms with Crippen LogP contribution in [0.15, 0.2) is 16.7 Å². The lowest BCUT2D eigenvalue weighted by molar-refractivity contribution is -0.384. The highest BCUT2D eigenvalue weighted by Gasteiger charge is 2.27. The standard InChI is InChI=1S/C15H17ClN4O3/c1-9-7-12(20(21)22)8-13(16)14(9)19-5-3-11(4-6-19)15-17-10(2)18-23-15/h7-8,11H,3-6H2,1-2H3. The number of halogens is 1. The first-order chi connectivity index (χ1) is 11.0. The van der Waals surface area contributed by atoms with Crippen LogP contribution in [-0.2, 0) is 0 Å². The number of rotatable bonds is 3. The van der Waals surface area contributed by atoms with Crippen molar-refractivity contribution < 1.29 is 9.45 Å². The van der Waals surface area contributed by atoms with Crippen LogP contribution in [0.5, 0.6) is 0 Å². The molecule has 1 aromatic heterocycles. The average Bonchev–Trinajstić information content (AvgIpc) is 2.93. The van der Waals surface area contributed by atoms with Crippen LogP contribution in [0.4, 0.5) is 11.4 Å². The van der Waals surface area contributed by atoms with Crippen LogP contribution in [0.3, 0.4) is 0 Å². The summed E-state index contributed by atoms with van der Waals surface area (Å²) in [5, 5.41) is 15.2. The van der Waals surface area contributed by atoms with Crippen molar-refractivity contribution in [2.24, 2.45) is 0 Å². The Morgan fingerprint density at radius 1 is 1.35 bits per heavy atom. The van der Waals surface area contributed by atoms with Crippen molar-refractivity contribution in [2.75, 3.05) is 18.0 Å². The van der Waals surface area contributed by atoms with Gasteiger partial charge in [0.25, 0.3) is 5.69 Å². The van der Waals surface area contributed by atoms with E-state index in [0.717, 1.165) is 37.2 Å². The fraction of sp³-hybridized carbons (Fsp3) is 0.467. The maximum absolute atomic E-state index is 10.9. The van der Waals surface area contributed by atoms with Crippen LogP contribution in [-0.4, -0.2) is 28.2 Å². The van der Waals surface area contributed by atoms with E-state index in [1.807, 2.05) is 13.8 Å². The number of hydrogen-bond acceptors (Lipinski definition) is 6. The fourth-order valence-electron chi connectivity index (χ4n) is 3.05. The number of piperidine rings is 1. The van der Waals surface area contributed by atoms with Gasteiger partial charge in [-0.05, 0) is 32.3 Å². The SMILES string of the molecule is Cc1noc(C2CCN(c3c(C)cc([N+](=O)[O-])cc3Cl)CC2)n1. The zero-order valence-electron chi connectivity index (χ0n) is 13.0. The second-order valence-corrected chi connectivity index (χ2v) is 6.20. The zero-order chi connectivity index (χ0) is 16.6. The van der Waals surface area contributed by atoms with Crippen molar-refractivity contribution >= 4 is 23.0 Å². The molecule has 2 aromatic rings. The van der Waals surface area contributed by atoms with Crippen molar-refractivity contribution in [1.82, 2.24) is 10.1 Å². The van der Waals surface area contributed by atoms with Gasteiger partial charge in [-0.15, -0.1) is 0 Å². The van der Waals surface area contributed by atoms with Crippen LogP contribution >= 0.6 is 11.6 Å².